The second kappa shape index (κ2) is 4.67. The standard InChI is InChI=1S/C13H21NO/c1-8(2)11-6-5-9(3)12(13(11)15)10(4)7-14/h5-6,8,10,15H,7,14H2,1-4H3. The number of phenolic OH excluding ortho intramolecular Hbond substituents is 1. The monoisotopic (exact) mass is 207 g/mol. The van der Waals surface area contributed by atoms with Crippen LogP contribution >= 0.6 is 0 Å². The molecule has 0 aliphatic heterocycles. The van der Waals surface area contributed by atoms with Gasteiger partial charge in [0.05, 0.1) is 0 Å². The zero-order valence-electron chi connectivity index (χ0n) is 10.0. The Bertz CT molecular complexity index is 345. The lowest BCUT2D eigenvalue weighted by atomic mass is 9.90. The molecule has 1 atom stereocenters. The van der Waals surface area contributed by atoms with Gasteiger partial charge < -0.3 is 10.8 Å². The Balaban J connectivity index is 3.30. The van der Waals surface area contributed by atoms with E-state index in [0.717, 1.165) is 16.7 Å². The fraction of sp³-hybridized carbons (Fsp3) is 0.538. The molecule has 0 aliphatic carbocycles. The molecule has 2 heteroatoms. The molecular weight excluding hydrogens is 186 g/mol. The van der Waals surface area contributed by atoms with Gasteiger partial charge in [0.1, 0.15) is 5.75 Å². The molecular formula is C13H21NO. The third-order valence-electron chi connectivity index (χ3n) is 2.93. The number of rotatable bonds is 3. The van der Waals surface area contributed by atoms with Crippen molar-refractivity contribution in [1.29, 1.82) is 0 Å². The maximum atomic E-state index is 10.2. The minimum Gasteiger partial charge on any atom is -0.507 e. The smallest absolute Gasteiger partial charge is 0.122 e. The first-order chi connectivity index (χ1) is 6.99. The maximum Gasteiger partial charge on any atom is 0.122 e. The van der Waals surface area contributed by atoms with Gasteiger partial charge in [0.25, 0.3) is 0 Å². The van der Waals surface area contributed by atoms with Gasteiger partial charge in [0.15, 0.2) is 0 Å². The van der Waals surface area contributed by atoms with Gasteiger partial charge in [0, 0.05) is 5.56 Å². The predicted molar refractivity (Wildman–Crippen MR) is 64.4 cm³/mol. The molecule has 1 rings (SSSR count). The van der Waals surface area contributed by atoms with Gasteiger partial charge in [-0.2, -0.15) is 0 Å². The topological polar surface area (TPSA) is 46.2 Å². The molecule has 0 amide bonds. The van der Waals surface area contributed by atoms with Crippen LogP contribution in [0.5, 0.6) is 5.75 Å². The molecule has 15 heavy (non-hydrogen) atoms. The summed E-state index contributed by atoms with van der Waals surface area (Å²) >= 11 is 0. The molecule has 0 aromatic heterocycles. The third-order valence-corrected chi connectivity index (χ3v) is 2.93. The van der Waals surface area contributed by atoms with E-state index in [2.05, 4.69) is 19.9 Å². The van der Waals surface area contributed by atoms with Gasteiger partial charge in [-0.1, -0.05) is 32.9 Å². The van der Waals surface area contributed by atoms with Crippen LogP contribution in [0.2, 0.25) is 0 Å². The summed E-state index contributed by atoms with van der Waals surface area (Å²) in [5.74, 6) is 0.987. The first kappa shape index (κ1) is 12.1. The average Bonchev–Trinajstić information content (AvgIpc) is 2.16. The summed E-state index contributed by atoms with van der Waals surface area (Å²) in [6.45, 7) is 8.80. The zero-order valence-corrected chi connectivity index (χ0v) is 10.0. The summed E-state index contributed by atoms with van der Waals surface area (Å²) in [5, 5.41) is 10.2. The molecule has 0 saturated heterocycles. The van der Waals surface area contributed by atoms with Gasteiger partial charge in [-0.3, -0.25) is 0 Å². The maximum absolute atomic E-state index is 10.2. The minimum atomic E-state index is 0.212. The number of aromatic hydroxyl groups is 1. The van der Waals surface area contributed by atoms with E-state index in [0.29, 0.717) is 18.2 Å². The van der Waals surface area contributed by atoms with Crippen molar-refractivity contribution < 1.29 is 5.11 Å². The Morgan fingerprint density at radius 3 is 2.33 bits per heavy atom. The Morgan fingerprint density at radius 2 is 1.87 bits per heavy atom. The molecule has 0 saturated carbocycles. The molecule has 3 N–H and O–H groups in total. The molecule has 0 spiro atoms. The van der Waals surface area contributed by atoms with Crippen molar-refractivity contribution in [1.82, 2.24) is 0 Å². The van der Waals surface area contributed by atoms with Crippen LogP contribution in [-0.2, 0) is 0 Å². The van der Waals surface area contributed by atoms with E-state index in [1.165, 1.54) is 0 Å². The average molecular weight is 207 g/mol. The Morgan fingerprint density at radius 1 is 1.27 bits per heavy atom. The van der Waals surface area contributed by atoms with E-state index < -0.39 is 0 Å². The number of hydrogen-bond donors (Lipinski definition) is 2. The van der Waals surface area contributed by atoms with E-state index >= 15 is 0 Å². The van der Waals surface area contributed by atoms with E-state index in [1.54, 1.807) is 0 Å². The summed E-state index contributed by atoms with van der Waals surface area (Å²) in [6.07, 6.45) is 0. The molecule has 0 radical (unpaired) electrons. The van der Waals surface area contributed by atoms with Crippen molar-refractivity contribution in [2.24, 2.45) is 5.73 Å². The number of phenols is 1. The predicted octanol–water partition coefficient (Wildman–Crippen LogP) is 2.89. The van der Waals surface area contributed by atoms with Crippen LogP contribution in [0.4, 0.5) is 0 Å². The molecule has 0 aliphatic rings. The van der Waals surface area contributed by atoms with Gasteiger partial charge >= 0.3 is 0 Å². The minimum absolute atomic E-state index is 0.212. The van der Waals surface area contributed by atoms with E-state index in [1.807, 2.05) is 19.9 Å². The second-order valence-corrected chi connectivity index (χ2v) is 4.53. The third kappa shape index (κ3) is 2.32. The molecule has 0 fully saturated rings. The summed E-state index contributed by atoms with van der Waals surface area (Å²) < 4.78 is 0. The van der Waals surface area contributed by atoms with Crippen LogP contribution in [0.15, 0.2) is 12.1 Å². The highest BCUT2D eigenvalue weighted by molar-refractivity contribution is 5.48. The highest BCUT2D eigenvalue weighted by Crippen LogP contribution is 2.35. The summed E-state index contributed by atoms with van der Waals surface area (Å²) in [4.78, 5) is 0. The number of benzene rings is 1. The SMILES string of the molecule is Cc1ccc(C(C)C)c(O)c1C(C)CN. The number of aryl methyl sites for hydroxylation is 1. The molecule has 84 valence electrons. The molecule has 1 aromatic rings. The van der Waals surface area contributed by atoms with Crippen LogP contribution in [-0.4, -0.2) is 11.7 Å². The van der Waals surface area contributed by atoms with Gasteiger partial charge in [-0.25, -0.2) is 0 Å². The van der Waals surface area contributed by atoms with E-state index in [-0.39, 0.29) is 5.92 Å². The molecule has 1 aromatic carbocycles. The lowest BCUT2D eigenvalue weighted by Gasteiger charge is -2.18. The summed E-state index contributed by atoms with van der Waals surface area (Å²) in [5.41, 5.74) is 8.79. The molecule has 0 bridgehead atoms. The Labute approximate surface area is 92.1 Å². The normalized spacial score (nSPS) is 13.2. The van der Waals surface area contributed by atoms with E-state index in [4.69, 9.17) is 5.73 Å². The first-order valence-corrected chi connectivity index (χ1v) is 5.51. The summed E-state index contributed by atoms with van der Waals surface area (Å²) in [7, 11) is 0. The number of hydrogen-bond acceptors (Lipinski definition) is 2. The van der Waals surface area contributed by atoms with Crippen molar-refractivity contribution >= 4 is 0 Å². The Hall–Kier alpha value is -1.02. The van der Waals surface area contributed by atoms with Crippen molar-refractivity contribution in [3.8, 4) is 5.75 Å². The lowest BCUT2D eigenvalue weighted by molar-refractivity contribution is 0.452. The highest BCUT2D eigenvalue weighted by atomic mass is 16.3. The van der Waals surface area contributed by atoms with Crippen LogP contribution < -0.4 is 5.73 Å². The van der Waals surface area contributed by atoms with Gasteiger partial charge in [-0.05, 0) is 36.4 Å². The quantitative estimate of drug-likeness (QED) is 0.800. The van der Waals surface area contributed by atoms with E-state index in [9.17, 15) is 5.11 Å². The molecule has 1 unspecified atom stereocenters. The van der Waals surface area contributed by atoms with Crippen LogP contribution in [0, 0.1) is 6.92 Å². The largest absolute Gasteiger partial charge is 0.507 e. The van der Waals surface area contributed by atoms with Crippen molar-refractivity contribution in [3.05, 3.63) is 28.8 Å². The van der Waals surface area contributed by atoms with Crippen LogP contribution in [0.25, 0.3) is 0 Å². The van der Waals surface area contributed by atoms with Crippen LogP contribution in [0.3, 0.4) is 0 Å². The molecule has 2 nitrogen and oxygen atoms in total. The fourth-order valence-corrected chi connectivity index (χ4v) is 1.93. The van der Waals surface area contributed by atoms with Gasteiger partial charge in [-0.15, -0.1) is 0 Å². The van der Waals surface area contributed by atoms with Crippen molar-refractivity contribution in [2.75, 3.05) is 6.54 Å². The number of nitrogens with two attached hydrogens (primary N) is 1. The summed E-state index contributed by atoms with van der Waals surface area (Å²) in [6, 6.07) is 4.07. The zero-order chi connectivity index (χ0) is 11.6. The van der Waals surface area contributed by atoms with Crippen molar-refractivity contribution in [2.45, 2.75) is 39.5 Å². The molecule has 0 heterocycles. The second-order valence-electron chi connectivity index (χ2n) is 4.53. The van der Waals surface area contributed by atoms with Crippen LogP contribution in [0.1, 0.15) is 49.3 Å². The Kier molecular flexibility index (Phi) is 3.75. The first-order valence-electron chi connectivity index (χ1n) is 5.51. The van der Waals surface area contributed by atoms with Gasteiger partial charge in [0.2, 0.25) is 0 Å². The fourth-order valence-electron chi connectivity index (χ4n) is 1.93. The highest BCUT2D eigenvalue weighted by Gasteiger charge is 2.16. The van der Waals surface area contributed by atoms with Crippen molar-refractivity contribution in [3.63, 3.8) is 0 Å². The lowest BCUT2D eigenvalue weighted by Crippen LogP contribution is -2.11.